The molecule has 0 bridgehead atoms. The van der Waals surface area contributed by atoms with Crippen LogP contribution in [-0.2, 0) is 10.2 Å². The minimum atomic E-state index is -3.18. The quantitative estimate of drug-likeness (QED) is 0.835. The van der Waals surface area contributed by atoms with Crippen molar-refractivity contribution in [3.8, 4) is 0 Å². The molecule has 19 heavy (non-hydrogen) atoms. The molecule has 3 aliphatic rings. The Kier molecular flexibility index (Phi) is 4.12. The van der Waals surface area contributed by atoms with Gasteiger partial charge in [0.05, 0.1) is 0 Å². The van der Waals surface area contributed by atoms with Crippen LogP contribution in [-0.4, -0.2) is 55.8 Å². The standard InChI is InChI=1S/C13H25N3O2S/c17-19(18)15(11-12-5-7-14-8-6-12)9-2-10-16(19)13-3-1-4-13/h12-14H,1-11H2. The molecule has 0 amide bonds. The van der Waals surface area contributed by atoms with Gasteiger partial charge in [-0.2, -0.15) is 17.0 Å². The first-order valence-corrected chi connectivity index (χ1v) is 9.05. The lowest BCUT2D eigenvalue weighted by molar-refractivity contribution is 0.169. The molecule has 3 rings (SSSR count). The van der Waals surface area contributed by atoms with Crippen LogP contribution in [0.1, 0.15) is 38.5 Å². The van der Waals surface area contributed by atoms with Crippen LogP contribution in [0.4, 0.5) is 0 Å². The van der Waals surface area contributed by atoms with Gasteiger partial charge in [0.25, 0.3) is 10.2 Å². The van der Waals surface area contributed by atoms with Gasteiger partial charge in [-0.15, -0.1) is 0 Å². The number of rotatable bonds is 3. The Labute approximate surface area is 116 Å². The van der Waals surface area contributed by atoms with E-state index in [0.29, 0.717) is 12.0 Å². The van der Waals surface area contributed by atoms with Gasteiger partial charge in [0.1, 0.15) is 0 Å². The predicted molar refractivity (Wildman–Crippen MR) is 75.0 cm³/mol. The summed E-state index contributed by atoms with van der Waals surface area (Å²) in [5.41, 5.74) is 0. The van der Waals surface area contributed by atoms with E-state index in [2.05, 4.69) is 5.32 Å². The van der Waals surface area contributed by atoms with Crippen LogP contribution in [0.2, 0.25) is 0 Å². The first kappa shape index (κ1) is 13.8. The van der Waals surface area contributed by atoms with Crippen molar-refractivity contribution in [1.82, 2.24) is 13.9 Å². The molecule has 5 nitrogen and oxygen atoms in total. The van der Waals surface area contributed by atoms with Crippen molar-refractivity contribution in [3.63, 3.8) is 0 Å². The molecule has 0 aromatic carbocycles. The SMILES string of the molecule is O=S1(=O)N(CC2CCNCC2)CCCN1C1CCC1. The van der Waals surface area contributed by atoms with E-state index < -0.39 is 10.2 Å². The van der Waals surface area contributed by atoms with E-state index in [1.165, 1.54) is 6.42 Å². The normalized spacial score (nSPS) is 31.2. The lowest BCUT2D eigenvalue weighted by Gasteiger charge is -2.43. The summed E-state index contributed by atoms with van der Waals surface area (Å²) in [6.07, 6.45) is 6.50. The van der Waals surface area contributed by atoms with Gasteiger partial charge in [-0.25, -0.2) is 0 Å². The Balaban J connectivity index is 1.66. The summed E-state index contributed by atoms with van der Waals surface area (Å²) in [4.78, 5) is 0. The van der Waals surface area contributed by atoms with Gasteiger partial charge in [0, 0.05) is 25.7 Å². The molecule has 0 atom stereocenters. The monoisotopic (exact) mass is 287 g/mol. The molecule has 1 saturated carbocycles. The third-order valence-electron chi connectivity index (χ3n) is 4.81. The molecule has 0 unspecified atom stereocenters. The first-order valence-electron chi connectivity index (χ1n) is 7.65. The Morgan fingerprint density at radius 2 is 1.74 bits per heavy atom. The third kappa shape index (κ3) is 2.82. The fraction of sp³-hybridized carbons (Fsp3) is 1.00. The second-order valence-corrected chi connectivity index (χ2v) is 7.99. The Bertz CT molecular complexity index is 402. The maximum atomic E-state index is 12.7. The minimum Gasteiger partial charge on any atom is -0.317 e. The van der Waals surface area contributed by atoms with E-state index in [4.69, 9.17) is 0 Å². The predicted octanol–water partition coefficient (Wildman–Crippen LogP) is 0.791. The van der Waals surface area contributed by atoms with Gasteiger partial charge >= 0.3 is 0 Å². The van der Waals surface area contributed by atoms with Crippen LogP contribution >= 0.6 is 0 Å². The average molecular weight is 287 g/mol. The average Bonchev–Trinajstić information content (AvgIpc) is 2.34. The molecule has 1 aliphatic carbocycles. The summed E-state index contributed by atoms with van der Waals surface area (Å²) < 4.78 is 28.8. The van der Waals surface area contributed by atoms with Crippen LogP contribution in [0.25, 0.3) is 0 Å². The second-order valence-electron chi connectivity index (χ2n) is 6.11. The van der Waals surface area contributed by atoms with E-state index >= 15 is 0 Å². The van der Waals surface area contributed by atoms with Crippen molar-refractivity contribution in [1.29, 1.82) is 0 Å². The van der Waals surface area contributed by atoms with Crippen molar-refractivity contribution in [2.45, 2.75) is 44.6 Å². The summed E-state index contributed by atoms with van der Waals surface area (Å²) in [5.74, 6) is 0.539. The summed E-state index contributed by atoms with van der Waals surface area (Å²) >= 11 is 0. The van der Waals surface area contributed by atoms with Crippen LogP contribution in [0.15, 0.2) is 0 Å². The minimum absolute atomic E-state index is 0.292. The van der Waals surface area contributed by atoms with Crippen LogP contribution in [0.5, 0.6) is 0 Å². The summed E-state index contributed by atoms with van der Waals surface area (Å²) in [5, 5.41) is 3.34. The van der Waals surface area contributed by atoms with Gasteiger partial charge in [0.15, 0.2) is 0 Å². The van der Waals surface area contributed by atoms with Crippen LogP contribution in [0.3, 0.4) is 0 Å². The van der Waals surface area contributed by atoms with Crippen LogP contribution < -0.4 is 5.32 Å². The van der Waals surface area contributed by atoms with Crippen molar-refractivity contribution >= 4 is 10.2 Å². The highest BCUT2D eigenvalue weighted by molar-refractivity contribution is 7.86. The molecule has 0 aromatic heterocycles. The first-order chi connectivity index (χ1) is 9.18. The topological polar surface area (TPSA) is 52.7 Å². The van der Waals surface area contributed by atoms with E-state index in [-0.39, 0.29) is 0 Å². The maximum Gasteiger partial charge on any atom is 0.282 e. The molecule has 110 valence electrons. The summed E-state index contributed by atoms with van der Waals surface area (Å²) in [6.45, 7) is 4.24. The summed E-state index contributed by atoms with van der Waals surface area (Å²) in [7, 11) is -3.18. The fourth-order valence-corrected chi connectivity index (χ4v) is 5.37. The lowest BCUT2D eigenvalue weighted by atomic mass is 9.93. The molecule has 6 heteroatoms. The molecular weight excluding hydrogens is 262 g/mol. The van der Waals surface area contributed by atoms with E-state index in [1.807, 2.05) is 0 Å². The highest BCUT2D eigenvalue weighted by atomic mass is 32.2. The maximum absolute atomic E-state index is 12.7. The number of nitrogens with zero attached hydrogens (tertiary/aromatic N) is 2. The zero-order valence-corrected chi connectivity index (χ0v) is 12.4. The zero-order valence-electron chi connectivity index (χ0n) is 11.6. The summed E-state index contributed by atoms with van der Waals surface area (Å²) in [6, 6.07) is 0.292. The molecule has 0 spiro atoms. The van der Waals surface area contributed by atoms with Crippen LogP contribution in [0, 0.1) is 5.92 Å². The molecule has 1 N–H and O–H groups in total. The molecule has 2 heterocycles. The zero-order chi connectivity index (χ0) is 13.3. The van der Waals surface area contributed by atoms with Gasteiger partial charge < -0.3 is 5.32 Å². The molecule has 2 saturated heterocycles. The van der Waals surface area contributed by atoms with Crippen molar-refractivity contribution in [2.75, 3.05) is 32.7 Å². The lowest BCUT2D eigenvalue weighted by Crippen LogP contribution is -2.56. The molecular formula is C13H25N3O2S. The highest BCUT2D eigenvalue weighted by Crippen LogP contribution is 2.31. The Hall–Kier alpha value is -0.170. The van der Waals surface area contributed by atoms with Gasteiger partial charge in [0.2, 0.25) is 0 Å². The van der Waals surface area contributed by atoms with Gasteiger partial charge in [-0.05, 0) is 51.1 Å². The van der Waals surface area contributed by atoms with Crippen molar-refractivity contribution in [3.05, 3.63) is 0 Å². The molecule has 2 aliphatic heterocycles. The van der Waals surface area contributed by atoms with E-state index in [0.717, 1.165) is 64.8 Å². The Morgan fingerprint density at radius 1 is 1.00 bits per heavy atom. The number of hydrogen-bond acceptors (Lipinski definition) is 3. The van der Waals surface area contributed by atoms with Crippen molar-refractivity contribution in [2.24, 2.45) is 5.92 Å². The third-order valence-corrected chi connectivity index (χ3v) is 6.87. The molecule has 3 fully saturated rings. The van der Waals surface area contributed by atoms with Crippen molar-refractivity contribution < 1.29 is 8.42 Å². The molecule has 0 aromatic rings. The second kappa shape index (κ2) is 5.68. The molecule has 0 radical (unpaired) electrons. The Morgan fingerprint density at radius 3 is 2.37 bits per heavy atom. The number of piperidine rings is 1. The van der Waals surface area contributed by atoms with E-state index in [1.54, 1.807) is 8.61 Å². The van der Waals surface area contributed by atoms with E-state index in [9.17, 15) is 8.42 Å². The highest BCUT2D eigenvalue weighted by Gasteiger charge is 2.40. The number of nitrogens with one attached hydrogen (secondary N) is 1. The smallest absolute Gasteiger partial charge is 0.282 e. The fourth-order valence-electron chi connectivity index (χ4n) is 3.37. The number of hydrogen-bond donors (Lipinski definition) is 1. The van der Waals surface area contributed by atoms with Gasteiger partial charge in [-0.3, -0.25) is 0 Å². The largest absolute Gasteiger partial charge is 0.317 e. The van der Waals surface area contributed by atoms with Gasteiger partial charge in [-0.1, -0.05) is 6.42 Å².